The molecule has 0 unspecified atom stereocenters. The Kier molecular flexibility index (Phi) is 4.02. The molecule has 0 fully saturated rings. The highest BCUT2D eigenvalue weighted by Gasteiger charge is 2.23. The fourth-order valence-corrected chi connectivity index (χ4v) is 4.54. The number of benzene rings is 2. The molecule has 2 aromatic carbocycles. The maximum atomic E-state index is 12.7. The highest BCUT2D eigenvalue weighted by molar-refractivity contribution is 8.00. The summed E-state index contributed by atoms with van der Waals surface area (Å²) in [5.41, 5.74) is 2.81. The molecule has 0 saturated carbocycles. The van der Waals surface area contributed by atoms with Gasteiger partial charge in [-0.15, -0.1) is 11.8 Å². The van der Waals surface area contributed by atoms with Crippen molar-refractivity contribution in [1.82, 2.24) is 9.88 Å². The molecule has 0 radical (unpaired) electrons. The van der Waals surface area contributed by atoms with Gasteiger partial charge in [0.2, 0.25) is 0 Å². The Labute approximate surface area is 150 Å². The van der Waals surface area contributed by atoms with Gasteiger partial charge in [-0.05, 0) is 23.8 Å². The molecule has 1 aromatic heterocycles. The number of rotatable bonds is 3. The fraction of sp³-hybridized carbons (Fsp3) is 0.211. The molecule has 3 aromatic rings. The highest BCUT2D eigenvalue weighted by Crippen LogP contribution is 2.38. The number of hydrogen-bond acceptors (Lipinski definition) is 2. The first-order valence-electron chi connectivity index (χ1n) is 7.94. The van der Waals surface area contributed by atoms with Gasteiger partial charge in [-0.25, -0.2) is 0 Å². The first kappa shape index (κ1) is 15.6. The normalized spacial score (nSPS) is 16.3. The number of amides is 1. The molecule has 0 bridgehead atoms. The number of para-hydroxylation sites is 1. The smallest absolute Gasteiger partial charge is 0.268 e. The Morgan fingerprint density at radius 1 is 1.29 bits per heavy atom. The molecule has 24 heavy (non-hydrogen) atoms. The van der Waals surface area contributed by atoms with Crippen molar-refractivity contribution in [3.05, 3.63) is 64.8 Å². The van der Waals surface area contributed by atoms with Crippen molar-refractivity contribution in [1.29, 1.82) is 0 Å². The quantitative estimate of drug-likeness (QED) is 0.736. The van der Waals surface area contributed by atoms with E-state index in [0.717, 1.165) is 23.2 Å². The molecular formula is C19H17ClN2OS. The molecule has 3 nitrogen and oxygen atoms in total. The van der Waals surface area contributed by atoms with Crippen LogP contribution in [0.2, 0.25) is 5.02 Å². The Morgan fingerprint density at radius 2 is 2.12 bits per heavy atom. The first-order chi connectivity index (χ1) is 11.6. The lowest BCUT2D eigenvalue weighted by molar-refractivity contribution is 0.0942. The number of halogens is 1. The summed E-state index contributed by atoms with van der Waals surface area (Å²) >= 11 is 8.04. The number of carbonyl (C=O) groups is 1. The molecule has 0 saturated heterocycles. The van der Waals surface area contributed by atoms with Gasteiger partial charge in [-0.2, -0.15) is 0 Å². The zero-order valence-corrected chi connectivity index (χ0v) is 14.8. The van der Waals surface area contributed by atoms with Crippen LogP contribution < -0.4 is 5.32 Å². The second-order valence-electron chi connectivity index (χ2n) is 6.04. The topological polar surface area (TPSA) is 34.0 Å². The van der Waals surface area contributed by atoms with E-state index in [4.69, 9.17) is 11.6 Å². The van der Waals surface area contributed by atoms with E-state index in [9.17, 15) is 4.79 Å². The van der Waals surface area contributed by atoms with Crippen LogP contribution >= 0.6 is 23.4 Å². The SMILES string of the molecule is C[C@H]1Cn2c(C(=O)NCc3ccccc3Cl)cc3cccc(c32)S1. The molecule has 1 aliphatic rings. The number of thioether (sulfide) groups is 1. The van der Waals surface area contributed by atoms with E-state index in [1.54, 1.807) is 0 Å². The third-order valence-corrected chi connectivity index (χ3v) is 5.78. The molecule has 4 rings (SSSR count). The standard InChI is InChI=1S/C19H17ClN2OS/c1-12-11-22-16(9-13-6-4-8-17(24-12)18(13)22)19(23)21-10-14-5-2-3-7-15(14)20/h2-9,12H,10-11H2,1H3,(H,21,23)/t12-/m0/s1. The van der Waals surface area contributed by atoms with E-state index in [-0.39, 0.29) is 5.91 Å². The Hall–Kier alpha value is -1.91. The van der Waals surface area contributed by atoms with Crippen molar-refractivity contribution in [3.8, 4) is 0 Å². The lowest BCUT2D eigenvalue weighted by Crippen LogP contribution is -2.27. The van der Waals surface area contributed by atoms with Crippen LogP contribution in [0.25, 0.3) is 10.9 Å². The summed E-state index contributed by atoms with van der Waals surface area (Å²) in [6, 6.07) is 15.8. The van der Waals surface area contributed by atoms with Gasteiger partial charge >= 0.3 is 0 Å². The monoisotopic (exact) mass is 356 g/mol. The fourth-order valence-electron chi connectivity index (χ4n) is 3.18. The van der Waals surface area contributed by atoms with Gasteiger partial charge in [-0.1, -0.05) is 48.9 Å². The first-order valence-corrected chi connectivity index (χ1v) is 9.20. The van der Waals surface area contributed by atoms with Crippen LogP contribution in [0.1, 0.15) is 23.0 Å². The summed E-state index contributed by atoms with van der Waals surface area (Å²) in [6.07, 6.45) is 0. The minimum atomic E-state index is -0.0591. The predicted octanol–water partition coefficient (Wildman–Crippen LogP) is 4.72. The van der Waals surface area contributed by atoms with Crippen molar-refractivity contribution in [2.45, 2.75) is 30.2 Å². The minimum Gasteiger partial charge on any atom is -0.347 e. The minimum absolute atomic E-state index is 0.0591. The van der Waals surface area contributed by atoms with Gasteiger partial charge in [0.25, 0.3) is 5.91 Å². The third kappa shape index (κ3) is 2.70. The highest BCUT2D eigenvalue weighted by atomic mass is 35.5. The lowest BCUT2D eigenvalue weighted by Gasteiger charge is -2.22. The summed E-state index contributed by atoms with van der Waals surface area (Å²) in [7, 11) is 0. The molecule has 5 heteroatoms. The molecule has 0 aliphatic carbocycles. The third-order valence-electron chi connectivity index (χ3n) is 4.28. The van der Waals surface area contributed by atoms with E-state index < -0.39 is 0 Å². The van der Waals surface area contributed by atoms with E-state index >= 15 is 0 Å². The molecule has 122 valence electrons. The van der Waals surface area contributed by atoms with Crippen LogP contribution in [0.4, 0.5) is 0 Å². The van der Waals surface area contributed by atoms with Gasteiger partial charge in [0, 0.05) is 33.6 Å². The largest absolute Gasteiger partial charge is 0.347 e. The number of aromatic nitrogens is 1. The average molecular weight is 357 g/mol. The number of nitrogens with one attached hydrogen (secondary N) is 1. The van der Waals surface area contributed by atoms with Crippen LogP contribution in [0, 0.1) is 0 Å². The number of nitrogens with zero attached hydrogens (tertiary/aromatic N) is 1. The Bertz CT molecular complexity index is 934. The molecule has 1 aliphatic heterocycles. The van der Waals surface area contributed by atoms with Crippen LogP contribution in [0.15, 0.2) is 53.4 Å². The van der Waals surface area contributed by atoms with E-state index in [1.165, 1.54) is 10.4 Å². The summed E-state index contributed by atoms with van der Waals surface area (Å²) < 4.78 is 2.15. The molecule has 1 atom stereocenters. The van der Waals surface area contributed by atoms with Crippen LogP contribution in [0.5, 0.6) is 0 Å². The van der Waals surface area contributed by atoms with Gasteiger partial charge in [0.05, 0.1) is 5.52 Å². The molecule has 1 N–H and O–H groups in total. The second-order valence-corrected chi connectivity index (χ2v) is 7.92. The maximum absolute atomic E-state index is 12.7. The van der Waals surface area contributed by atoms with E-state index in [0.29, 0.717) is 16.8 Å². The summed E-state index contributed by atoms with van der Waals surface area (Å²) in [4.78, 5) is 14.0. The summed E-state index contributed by atoms with van der Waals surface area (Å²) in [6.45, 7) is 3.47. The van der Waals surface area contributed by atoms with Gasteiger partial charge in [-0.3, -0.25) is 4.79 Å². The number of hydrogen-bond donors (Lipinski definition) is 1. The molecule has 0 spiro atoms. The van der Waals surface area contributed by atoms with Gasteiger partial charge in [0.1, 0.15) is 5.69 Å². The van der Waals surface area contributed by atoms with E-state index in [2.05, 4.69) is 35.0 Å². The van der Waals surface area contributed by atoms with Crippen LogP contribution in [0.3, 0.4) is 0 Å². The molecule has 2 heterocycles. The molecule has 1 amide bonds. The summed E-state index contributed by atoms with van der Waals surface area (Å²) in [5, 5.41) is 5.24. The Balaban J connectivity index is 1.65. The molecular weight excluding hydrogens is 340 g/mol. The van der Waals surface area contributed by atoms with Gasteiger partial charge < -0.3 is 9.88 Å². The second kappa shape index (κ2) is 6.19. The van der Waals surface area contributed by atoms with Crippen LogP contribution in [-0.4, -0.2) is 15.7 Å². The zero-order valence-electron chi connectivity index (χ0n) is 13.3. The van der Waals surface area contributed by atoms with E-state index in [1.807, 2.05) is 42.1 Å². The average Bonchev–Trinajstić information content (AvgIpc) is 2.94. The maximum Gasteiger partial charge on any atom is 0.268 e. The van der Waals surface area contributed by atoms with Gasteiger partial charge in [0.15, 0.2) is 0 Å². The van der Waals surface area contributed by atoms with Crippen molar-refractivity contribution in [2.75, 3.05) is 0 Å². The van der Waals surface area contributed by atoms with Crippen molar-refractivity contribution >= 4 is 40.2 Å². The zero-order chi connectivity index (χ0) is 16.7. The number of carbonyl (C=O) groups excluding carboxylic acids is 1. The van der Waals surface area contributed by atoms with Crippen LogP contribution in [-0.2, 0) is 13.1 Å². The predicted molar refractivity (Wildman–Crippen MR) is 99.9 cm³/mol. The van der Waals surface area contributed by atoms with Crippen molar-refractivity contribution in [3.63, 3.8) is 0 Å². The van der Waals surface area contributed by atoms with Crippen molar-refractivity contribution < 1.29 is 4.79 Å². The lowest BCUT2D eigenvalue weighted by atomic mass is 10.2. The van der Waals surface area contributed by atoms with Crippen molar-refractivity contribution in [2.24, 2.45) is 0 Å². The summed E-state index contributed by atoms with van der Waals surface area (Å²) in [5.74, 6) is -0.0591. The Morgan fingerprint density at radius 3 is 2.96 bits per heavy atom.